The molecule has 0 aliphatic heterocycles. The SMILES string of the molecule is COc1c(Cl)cc(CNCCCO)cc1Cl. The van der Waals surface area contributed by atoms with Crippen LogP contribution in [-0.2, 0) is 6.54 Å². The number of halogens is 2. The van der Waals surface area contributed by atoms with E-state index in [-0.39, 0.29) is 6.61 Å². The lowest BCUT2D eigenvalue weighted by atomic mass is 10.2. The third-order valence-electron chi connectivity index (χ3n) is 2.10. The van der Waals surface area contributed by atoms with Gasteiger partial charge >= 0.3 is 0 Å². The second kappa shape index (κ2) is 6.97. The summed E-state index contributed by atoms with van der Waals surface area (Å²) >= 11 is 12.0. The maximum absolute atomic E-state index is 8.62. The molecule has 2 N–H and O–H groups in total. The Balaban J connectivity index is 2.61. The van der Waals surface area contributed by atoms with Crippen molar-refractivity contribution in [3.05, 3.63) is 27.7 Å². The first-order valence-corrected chi connectivity index (χ1v) is 5.78. The quantitative estimate of drug-likeness (QED) is 0.775. The summed E-state index contributed by atoms with van der Waals surface area (Å²) in [7, 11) is 1.53. The number of methoxy groups -OCH3 is 1. The van der Waals surface area contributed by atoms with Gasteiger partial charge in [-0.2, -0.15) is 0 Å². The molecule has 0 aromatic heterocycles. The molecule has 3 nitrogen and oxygen atoms in total. The molecule has 0 fully saturated rings. The van der Waals surface area contributed by atoms with Crippen LogP contribution < -0.4 is 10.1 Å². The summed E-state index contributed by atoms with van der Waals surface area (Å²) in [5.41, 5.74) is 0.994. The van der Waals surface area contributed by atoms with E-state index in [4.69, 9.17) is 33.0 Å². The molecule has 0 unspecified atom stereocenters. The van der Waals surface area contributed by atoms with Gasteiger partial charge in [0.05, 0.1) is 17.2 Å². The largest absolute Gasteiger partial charge is 0.494 e. The molecule has 0 radical (unpaired) electrons. The van der Waals surface area contributed by atoms with Crippen LogP contribution in [-0.4, -0.2) is 25.4 Å². The summed E-state index contributed by atoms with van der Waals surface area (Å²) in [5, 5.41) is 12.8. The average Bonchev–Trinajstić information content (AvgIpc) is 2.24. The molecule has 90 valence electrons. The number of aliphatic hydroxyl groups excluding tert-OH is 1. The monoisotopic (exact) mass is 263 g/mol. The van der Waals surface area contributed by atoms with Crippen LogP contribution in [0.5, 0.6) is 5.75 Å². The van der Waals surface area contributed by atoms with Crippen LogP contribution in [0.4, 0.5) is 0 Å². The number of hydrogen-bond donors (Lipinski definition) is 2. The zero-order chi connectivity index (χ0) is 12.0. The van der Waals surface area contributed by atoms with E-state index in [1.807, 2.05) is 12.1 Å². The van der Waals surface area contributed by atoms with Gasteiger partial charge in [-0.3, -0.25) is 0 Å². The highest BCUT2D eigenvalue weighted by molar-refractivity contribution is 6.37. The summed E-state index contributed by atoms with van der Waals surface area (Å²) in [5.74, 6) is 0.502. The van der Waals surface area contributed by atoms with Crippen LogP contribution in [0, 0.1) is 0 Å². The van der Waals surface area contributed by atoms with Gasteiger partial charge in [-0.1, -0.05) is 23.2 Å². The molecule has 0 heterocycles. The van der Waals surface area contributed by atoms with Gasteiger partial charge in [-0.15, -0.1) is 0 Å². The molecule has 1 rings (SSSR count). The Hall–Kier alpha value is -0.480. The molecule has 16 heavy (non-hydrogen) atoms. The Kier molecular flexibility index (Phi) is 5.91. The van der Waals surface area contributed by atoms with E-state index in [2.05, 4.69) is 5.32 Å². The van der Waals surface area contributed by atoms with E-state index in [1.165, 1.54) is 7.11 Å². The van der Waals surface area contributed by atoms with Crippen molar-refractivity contribution in [3.63, 3.8) is 0 Å². The molecule has 0 saturated carbocycles. The van der Waals surface area contributed by atoms with Crippen molar-refractivity contribution < 1.29 is 9.84 Å². The first-order chi connectivity index (χ1) is 7.69. The van der Waals surface area contributed by atoms with Gasteiger partial charge < -0.3 is 15.2 Å². The first-order valence-electron chi connectivity index (χ1n) is 5.02. The standard InChI is InChI=1S/C11H15Cl2NO2/c1-16-11-9(12)5-8(6-10(11)13)7-14-3-2-4-15/h5-6,14-15H,2-4,7H2,1H3. The van der Waals surface area contributed by atoms with Gasteiger partial charge in [0.1, 0.15) is 0 Å². The van der Waals surface area contributed by atoms with Crippen molar-refractivity contribution in [2.24, 2.45) is 0 Å². The first kappa shape index (κ1) is 13.6. The average molecular weight is 264 g/mol. The number of benzene rings is 1. The molecular formula is C11H15Cl2NO2. The van der Waals surface area contributed by atoms with Crippen molar-refractivity contribution in [1.29, 1.82) is 0 Å². The Labute approximate surface area is 105 Å². The van der Waals surface area contributed by atoms with Gasteiger partial charge in [0.25, 0.3) is 0 Å². The molecule has 1 aromatic carbocycles. The van der Waals surface area contributed by atoms with Crippen LogP contribution >= 0.6 is 23.2 Å². The molecule has 0 aliphatic rings. The molecule has 1 aromatic rings. The van der Waals surface area contributed by atoms with Crippen LogP contribution in [0.2, 0.25) is 10.0 Å². The van der Waals surface area contributed by atoms with Crippen LogP contribution in [0.1, 0.15) is 12.0 Å². The Morgan fingerprint density at radius 3 is 2.44 bits per heavy atom. The van der Waals surface area contributed by atoms with Gasteiger partial charge in [-0.25, -0.2) is 0 Å². The number of nitrogens with one attached hydrogen (secondary N) is 1. The second-order valence-electron chi connectivity index (χ2n) is 3.35. The van der Waals surface area contributed by atoms with Crippen molar-refractivity contribution >= 4 is 23.2 Å². The number of ether oxygens (including phenoxy) is 1. The summed E-state index contributed by atoms with van der Waals surface area (Å²) in [6.07, 6.45) is 0.734. The molecule has 0 bridgehead atoms. The maximum atomic E-state index is 8.62. The summed E-state index contributed by atoms with van der Waals surface area (Å²) < 4.78 is 5.06. The zero-order valence-electron chi connectivity index (χ0n) is 9.09. The van der Waals surface area contributed by atoms with E-state index < -0.39 is 0 Å². The number of rotatable bonds is 6. The summed E-state index contributed by atoms with van der Waals surface area (Å²) in [6.45, 7) is 1.62. The highest BCUT2D eigenvalue weighted by Crippen LogP contribution is 2.33. The van der Waals surface area contributed by atoms with Gasteiger partial charge in [0.2, 0.25) is 0 Å². The third-order valence-corrected chi connectivity index (χ3v) is 2.66. The fraction of sp³-hybridized carbons (Fsp3) is 0.455. The van der Waals surface area contributed by atoms with Gasteiger partial charge in [-0.05, 0) is 30.7 Å². The number of hydrogen-bond acceptors (Lipinski definition) is 3. The molecule has 0 amide bonds. The van der Waals surface area contributed by atoms with E-state index in [9.17, 15) is 0 Å². The smallest absolute Gasteiger partial charge is 0.156 e. The van der Waals surface area contributed by atoms with Gasteiger partial charge in [0.15, 0.2) is 5.75 Å². The lowest BCUT2D eigenvalue weighted by Gasteiger charge is -2.09. The third kappa shape index (κ3) is 3.83. The van der Waals surface area contributed by atoms with E-state index in [0.29, 0.717) is 22.3 Å². The van der Waals surface area contributed by atoms with Crippen molar-refractivity contribution in [2.45, 2.75) is 13.0 Å². The molecule has 0 saturated heterocycles. The summed E-state index contributed by atoms with van der Waals surface area (Å²) in [6, 6.07) is 3.64. The minimum absolute atomic E-state index is 0.192. The molecule has 0 spiro atoms. The Morgan fingerprint density at radius 1 is 1.31 bits per heavy atom. The number of aliphatic hydroxyl groups is 1. The predicted octanol–water partition coefficient (Wildman–Crippen LogP) is 2.47. The van der Waals surface area contributed by atoms with Crippen molar-refractivity contribution in [3.8, 4) is 5.75 Å². The molecule has 0 aliphatic carbocycles. The van der Waals surface area contributed by atoms with E-state index in [1.54, 1.807) is 0 Å². The molecule has 5 heteroatoms. The topological polar surface area (TPSA) is 41.5 Å². The highest BCUT2D eigenvalue weighted by Gasteiger charge is 2.07. The lowest BCUT2D eigenvalue weighted by molar-refractivity contribution is 0.286. The minimum Gasteiger partial charge on any atom is -0.494 e. The fourth-order valence-corrected chi connectivity index (χ4v) is 2.03. The van der Waals surface area contributed by atoms with Crippen molar-refractivity contribution in [2.75, 3.05) is 20.3 Å². The second-order valence-corrected chi connectivity index (χ2v) is 4.16. The minimum atomic E-state index is 0.192. The van der Waals surface area contributed by atoms with E-state index >= 15 is 0 Å². The van der Waals surface area contributed by atoms with Crippen LogP contribution in [0.15, 0.2) is 12.1 Å². The van der Waals surface area contributed by atoms with Gasteiger partial charge in [0, 0.05) is 13.2 Å². The molecule has 0 atom stereocenters. The summed E-state index contributed by atoms with van der Waals surface area (Å²) in [4.78, 5) is 0. The van der Waals surface area contributed by atoms with E-state index in [0.717, 1.165) is 18.5 Å². The Morgan fingerprint density at radius 2 is 1.94 bits per heavy atom. The van der Waals surface area contributed by atoms with Crippen molar-refractivity contribution in [1.82, 2.24) is 5.32 Å². The Bertz CT molecular complexity index is 322. The fourth-order valence-electron chi connectivity index (χ4n) is 1.35. The zero-order valence-corrected chi connectivity index (χ0v) is 10.6. The van der Waals surface area contributed by atoms with Crippen LogP contribution in [0.25, 0.3) is 0 Å². The predicted molar refractivity (Wildman–Crippen MR) is 66.4 cm³/mol. The normalized spacial score (nSPS) is 10.5. The lowest BCUT2D eigenvalue weighted by Crippen LogP contribution is -2.15. The molecular weight excluding hydrogens is 249 g/mol. The van der Waals surface area contributed by atoms with Crippen LogP contribution in [0.3, 0.4) is 0 Å². The highest BCUT2D eigenvalue weighted by atomic mass is 35.5. The maximum Gasteiger partial charge on any atom is 0.156 e.